The first kappa shape index (κ1) is 16.7. The summed E-state index contributed by atoms with van der Waals surface area (Å²) in [6.45, 7) is 3.82. The van der Waals surface area contributed by atoms with Crippen LogP contribution in [-0.2, 0) is 9.59 Å². The van der Waals surface area contributed by atoms with E-state index in [1.54, 1.807) is 24.9 Å². The summed E-state index contributed by atoms with van der Waals surface area (Å²) in [7, 11) is 1.65. The first-order chi connectivity index (χ1) is 12.4. The number of likely N-dealkylation sites (N-methyl/N-ethyl adjacent to an activating group) is 1. The van der Waals surface area contributed by atoms with Crippen LogP contribution in [-0.4, -0.2) is 47.5 Å². The SMILES string of the molecule is CC[C@]1(C#N)C[C@H]2C(=O)N(C)[C@H](C)C(=O)N2[C@H]1c1ccc2c(c1)OCO2. The Labute approximate surface area is 152 Å². The molecule has 0 aliphatic carbocycles. The Morgan fingerprint density at radius 2 is 2.00 bits per heavy atom. The molecule has 1 aromatic rings. The summed E-state index contributed by atoms with van der Waals surface area (Å²) >= 11 is 0. The summed E-state index contributed by atoms with van der Waals surface area (Å²) in [6, 6.07) is 6.31. The highest BCUT2D eigenvalue weighted by Gasteiger charge is 2.60. The number of nitriles is 1. The molecule has 2 fully saturated rings. The third-order valence-electron chi connectivity index (χ3n) is 6.09. The second kappa shape index (κ2) is 5.63. The molecule has 3 heterocycles. The summed E-state index contributed by atoms with van der Waals surface area (Å²) in [5, 5.41) is 10.0. The second-order valence-electron chi connectivity index (χ2n) is 7.23. The lowest BCUT2D eigenvalue weighted by atomic mass is 9.75. The molecule has 0 saturated carbocycles. The van der Waals surface area contributed by atoms with Crippen LogP contribution in [0, 0.1) is 16.7 Å². The van der Waals surface area contributed by atoms with E-state index < -0.39 is 23.5 Å². The molecule has 26 heavy (non-hydrogen) atoms. The Kier molecular flexibility index (Phi) is 3.62. The zero-order valence-corrected chi connectivity index (χ0v) is 15.1. The van der Waals surface area contributed by atoms with Crippen molar-refractivity contribution in [3.63, 3.8) is 0 Å². The Morgan fingerprint density at radius 3 is 2.69 bits per heavy atom. The number of carbonyl (C=O) groups excluding carboxylic acids is 2. The monoisotopic (exact) mass is 355 g/mol. The van der Waals surface area contributed by atoms with Gasteiger partial charge in [-0.15, -0.1) is 0 Å². The molecule has 0 radical (unpaired) electrons. The normalized spacial score (nSPS) is 32.6. The number of piperazine rings is 1. The highest BCUT2D eigenvalue weighted by atomic mass is 16.7. The minimum atomic E-state index is -0.811. The number of hydrogen-bond donors (Lipinski definition) is 0. The highest BCUT2D eigenvalue weighted by Crippen LogP contribution is 2.54. The van der Waals surface area contributed by atoms with Gasteiger partial charge in [-0.25, -0.2) is 0 Å². The molecule has 7 nitrogen and oxygen atoms in total. The molecule has 3 aliphatic rings. The van der Waals surface area contributed by atoms with Crippen molar-refractivity contribution in [2.75, 3.05) is 13.8 Å². The summed E-state index contributed by atoms with van der Waals surface area (Å²) in [4.78, 5) is 29.0. The molecule has 0 bridgehead atoms. The van der Waals surface area contributed by atoms with E-state index >= 15 is 0 Å². The average Bonchev–Trinajstić information content (AvgIpc) is 3.26. The number of fused-ring (bicyclic) bond motifs is 2. The van der Waals surface area contributed by atoms with Gasteiger partial charge in [0.25, 0.3) is 0 Å². The third-order valence-corrected chi connectivity index (χ3v) is 6.09. The minimum Gasteiger partial charge on any atom is -0.454 e. The lowest BCUT2D eigenvalue weighted by Crippen LogP contribution is -2.60. The zero-order valence-electron chi connectivity index (χ0n) is 15.1. The van der Waals surface area contributed by atoms with Crippen LogP contribution in [0.3, 0.4) is 0 Å². The predicted octanol–water partition coefficient (Wildman–Crippen LogP) is 1.84. The molecule has 0 N–H and O–H groups in total. The molecule has 0 aromatic heterocycles. The molecular weight excluding hydrogens is 334 g/mol. The smallest absolute Gasteiger partial charge is 0.246 e. The standard InChI is InChI=1S/C19H21N3O4/c1-4-19(9-20)8-13-18(24)21(3)11(2)17(23)22(13)16(19)12-5-6-14-15(7-12)26-10-25-14/h5-7,11,13,16H,4,8,10H2,1-3H3/t11-,13+,16+,19-/m1/s1. The van der Waals surface area contributed by atoms with E-state index in [0.717, 1.165) is 5.56 Å². The van der Waals surface area contributed by atoms with Crippen LogP contribution in [0.15, 0.2) is 18.2 Å². The molecule has 0 spiro atoms. The molecule has 7 heteroatoms. The quantitative estimate of drug-likeness (QED) is 0.808. The van der Waals surface area contributed by atoms with Crippen molar-refractivity contribution in [3.05, 3.63) is 23.8 Å². The lowest BCUT2D eigenvalue weighted by molar-refractivity contribution is -0.159. The Hall–Kier alpha value is -2.75. The van der Waals surface area contributed by atoms with Gasteiger partial charge >= 0.3 is 0 Å². The van der Waals surface area contributed by atoms with Crippen molar-refractivity contribution in [3.8, 4) is 17.6 Å². The summed E-state index contributed by atoms with van der Waals surface area (Å²) in [6.07, 6.45) is 0.898. The van der Waals surface area contributed by atoms with E-state index in [2.05, 4.69) is 6.07 Å². The van der Waals surface area contributed by atoms with Crippen LogP contribution in [0.4, 0.5) is 0 Å². The largest absolute Gasteiger partial charge is 0.454 e. The summed E-state index contributed by atoms with van der Waals surface area (Å²) < 4.78 is 10.8. The number of rotatable bonds is 2. The van der Waals surface area contributed by atoms with E-state index in [9.17, 15) is 14.9 Å². The fourth-order valence-corrected chi connectivity index (χ4v) is 4.38. The van der Waals surface area contributed by atoms with Gasteiger partial charge in [-0.2, -0.15) is 5.26 Å². The Morgan fingerprint density at radius 1 is 1.27 bits per heavy atom. The number of amides is 2. The van der Waals surface area contributed by atoms with Crippen molar-refractivity contribution >= 4 is 11.8 Å². The van der Waals surface area contributed by atoms with Gasteiger partial charge in [0.2, 0.25) is 18.6 Å². The molecule has 1 aromatic carbocycles. The molecular formula is C19H21N3O4. The maximum absolute atomic E-state index is 13.1. The highest BCUT2D eigenvalue weighted by molar-refractivity contribution is 5.97. The van der Waals surface area contributed by atoms with Gasteiger partial charge in [-0.1, -0.05) is 13.0 Å². The van der Waals surface area contributed by atoms with Crippen molar-refractivity contribution in [2.45, 2.75) is 44.8 Å². The van der Waals surface area contributed by atoms with Gasteiger partial charge in [0.15, 0.2) is 11.5 Å². The minimum absolute atomic E-state index is 0.103. The fraction of sp³-hybridized carbons (Fsp3) is 0.526. The first-order valence-electron chi connectivity index (χ1n) is 8.83. The molecule has 4 atom stereocenters. The topological polar surface area (TPSA) is 82.9 Å². The Balaban J connectivity index is 1.85. The van der Waals surface area contributed by atoms with Gasteiger partial charge in [0.1, 0.15) is 12.1 Å². The number of ether oxygens (including phenoxy) is 2. The van der Waals surface area contributed by atoms with Gasteiger partial charge in [-0.05, 0) is 37.5 Å². The predicted molar refractivity (Wildman–Crippen MR) is 91.1 cm³/mol. The fourth-order valence-electron chi connectivity index (χ4n) is 4.38. The third kappa shape index (κ3) is 2.05. The zero-order chi connectivity index (χ0) is 18.6. The van der Waals surface area contributed by atoms with Crippen LogP contribution in [0.25, 0.3) is 0 Å². The maximum Gasteiger partial charge on any atom is 0.246 e. The van der Waals surface area contributed by atoms with Crippen LogP contribution in [0.5, 0.6) is 11.5 Å². The van der Waals surface area contributed by atoms with Crippen LogP contribution < -0.4 is 9.47 Å². The average molecular weight is 355 g/mol. The molecule has 0 unspecified atom stereocenters. The van der Waals surface area contributed by atoms with Gasteiger partial charge < -0.3 is 19.3 Å². The summed E-state index contributed by atoms with van der Waals surface area (Å²) in [5.74, 6) is 1.03. The molecule has 136 valence electrons. The van der Waals surface area contributed by atoms with Crippen molar-refractivity contribution in [2.24, 2.45) is 5.41 Å². The van der Waals surface area contributed by atoms with Gasteiger partial charge in [-0.3, -0.25) is 9.59 Å². The lowest BCUT2D eigenvalue weighted by Gasteiger charge is -2.42. The molecule has 2 saturated heterocycles. The number of hydrogen-bond acceptors (Lipinski definition) is 5. The van der Waals surface area contributed by atoms with Gasteiger partial charge in [0.05, 0.1) is 17.5 Å². The van der Waals surface area contributed by atoms with Crippen molar-refractivity contribution in [1.82, 2.24) is 9.80 Å². The number of nitrogens with zero attached hydrogens (tertiary/aromatic N) is 3. The van der Waals surface area contributed by atoms with E-state index in [-0.39, 0.29) is 18.6 Å². The Bertz CT molecular complexity index is 833. The summed E-state index contributed by atoms with van der Waals surface area (Å²) in [5.41, 5.74) is -0.00717. The van der Waals surface area contributed by atoms with Gasteiger partial charge in [0, 0.05) is 7.05 Å². The maximum atomic E-state index is 13.1. The van der Waals surface area contributed by atoms with E-state index in [1.165, 1.54) is 4.90 Å². The van der Waals surface area contributed by atoms with E-state index in [4.69, 9.17) is 9.47 Å². The van der Waals surface area contributed by atoms with E-state index in [1.807, 2.05) is 19.1 Å². The van der Waals surface area contributed by atoms with Crippen LogP contribution >= 0.6 is 0 Å². The van der Waals surface area contributed by atoms with Crippen LogP contribution in [0.2, 0.25) is 0 Å². The van der Waals surface area contributed by atoms with Crippen molar-refractivity contribution < 1.29 is 19.1 Å². The molecule has 4 rings (SSSR count). The van der Waals surface area contributed by atoms with Crippen molar-refractivity contribution in [1.29, 1.82) is 5.26 Å². The van der Waals surface area contributed by atoms with Crippen LogP contribution in [0.1, 0.15) is 38.3 Å². The number of benzene rings is 1. The first-order valence-corrected chi connectivity index (χ1v) is 8.83. The second-order valence-corrected chi connectivity index (χ2v) is 7.23. The molecule has 2 amide bonds. The number of carbonyl (C=O) groups is 2. The molecule has 3 aliphatic heterocycles. The van der Waals surface area contributed by atoms with E-state index in [0.29, 0.717) is 24.3 Å².